The number of hydrogen-bond acceptors (Lipinski definition) is 5. The molecule has 0 unspecified atom stereocenters. The summed E-state index contributed by atoms with van der Waals surface area (Å²) >= 11 is 0. The van der Waals surface area contributed by atoms with Gasteiger partial charge in [0.1, 0.15) is 0 Å². The molecule has 6 nitrogen and oxygen atoms in total. The molecule has 1 aromatic rings. The molecule has 3 rings (SSSR count). The predicted molar refractivity (Wildman–Crippen MR) is 75.0 cm³/mol. The van der Waals surface area contributed by atoms with Crippen molar-refractivity contribution in [3.8, 4) is 0 Å². The summed E-state index contributed by atoms with van der Waals surface area (Å²) in [5, 5.41) is 8.76. The van der Waals surface area contributed by atoms with Crippen LogP contribution in [0.25, 0.3) is 0 Å². The van der Waals surface area contributed by atoms with Gasteiger partial charge < -0.3 is 19.3 Å². The van der Waals surface area contributed by atoms with Crippen LogP contribution in [0.3, 0.4) is 0 Å². The van der Waals surface area contributed by atoms with Crippen molar-refractivity contribution < 1.29 is 9.84 Å². The summed E-state index contributed by atoms with van der Waals surface area (Å²) in [5.41, 5.74) is 0.0322. The monoisotopic (exact) mass is 279 g/mol. The third kappa shape index (κ3) is 2.86. The first-order chi connectivity index (χ1) is 9.79. The fraction of sp³-hybridized carbons (Fsp3) is 0.714. The van der Waals surface area contributed by atoms with Gasteiger partial charge in [-0.15, -0.1) is 0 Å². The summed E-state index contributed by atoms with van der Waals surface area (Å²) in [6.07, 6.45) is 7.65. The van der Waals surface area contributed by atoms with E-state index in [9.17, 15) is 4.79 Å². The lowest BCUT2D eigenvalue weighted by atomic mass is 10.1. The Balaban J connectivity index is 1.66. The lowest BCUT2D eigenvalue weighted by Crippen LogP contribution is -2.41. The average Bonchev–Trinajstić information content (AvgIpc) is 3.31. The van der Waals surface area contributed by atoms with Crippen LogP contribution < -0.4 is 10.5 Å². The number of aliphatic hydroxyl groups is 1. The molecule has 0 atom stereocenters. The molecule has 1 saturated carbocycles. The largest absolute Gasteiger partial charge is 0.394 e. The Morgan fingerprint density at radius 1 is 1.30 bits per heavy atom. The zero-order valence-corrected chi connectivity index (χ0v) is 11.6. The summed E-state index contributed by atoms with van der Waals surface area (Å²) in [7, 11) is 0. The van der Waals surface area contributed by atoms with Gasteiger partial charge in [0.05, 0.1) is 19.3 Å². The van der Waals surface area contributed by atoms with Crippen molar-refractivity contribution in [2.24, 2.45) is 0 Å². The van der Waals surface area contributed by atoms with Crippen LogP contribution in [-0.2, 0) is 4.74 Å². The van der Waals surface area contributed by atoms with Crippen molar-refractivity contribution in [3.05, 3.63) is 22.7 Å². The van der Waals surface area contributed by atoms with Gasteiger partial charge in [-0.3, -0.25) is 4.79 Å². The van der Waals surface area contributed by atoms with Gasteiger partial charge in [-0.05, 0) is 25.7 Å². The number of piperidine rings is 1. The first kappa shape index (κ1) is 13.6. The van der Waals surface area contributed by atoms with E-state index >= 15 is 0 Å². The molecule has 1 saturated heterocycles. The lowest BCUT2D eigenvalue weighted by molar-refractivity contribution is 0.0158. The van der Waals surface area contributed by atoms with Crippen molar-refractivity contribution >= 4 is 5.82 Å². The highest BCUT2D eigenvalue weighted by Gasteiger charge is 2.27. The van der Waals surface area contributed by atoms with Gasteiger partial charge in [-0.25, -0.2) is 4.98 Å². The molecule has 1 N–H and O–H groups in total. The molecule has 2 aliphatic rings. The highest BCUT2D eigenvalue weighted by molar-refractivity contribution is 5.36. The summed E-state index contributed by atoms with van der Waals surface area (Å²) in [5.74, 6) is 0.569. The molecule has 2 fully saturated rings. The van der Waals surface area contributed by atoms with Gasteiger partial charge in [-0.1, -0.05) is 0 Å². The maximum Gasteiger partial charge on any atom is 0.293 e. The predicted octanol–water partition coefficient (Wildman–Crippen LogP) is 0.556. The third-order valence-corrected chi connectivity index (χ3v) is 3.98. The number of aromatic nitrogens is 2. The van der Waals surface area contributed by atoms with Gasteiger partial charge in [0, 0.05) is 31.5 Å². The number of nitrogens with zero attached hydrogens (tertiary/aromatic N) is 3. The summed E-state index contributed by atoms with van der Waals surface area (Å²) < 4.78 is 7.35. The van der Waals surface area contributed by atoms with Crippen LogP contribution in [0.2, 0.25) is 0 Å². The number of rotatable bonds is 5. The molecule has 0 spiro atoms. The SMILES string of the molecule is O=c1c(N2CCC(OCCO)CC2)nccn1C1CC1. The van der Waals surface area contributed by atoms with Crippen LogP contribution >= 0.6 is 0 Å². The summed E-state index contributed by atoms with van der Waals surface area (Å²) in [6.45, 7) is 2.02. The second-order valence-electron chi connectivity index (χ2n) is 5.48. The first-order valence-corrected chi connectivity index (χ1v) is 7.34. The van der Waals surface area contributed by atoms with E-state index in [-0.39, 0.29) is 18.3 Å². The van der Waals surface area contributed by atoms with E-state index in [1.54, 1.807) is 12.4 Å². The smallest absolute Gasteiger partial charge is 0.293 e. The van der Waals surface area contributed by atoms with Crippen molar-refractivity contribution in [3.63, 3.8) is 0 Å². The second-order valence-corrected chi connectivity index (χ2v) is 5.48. The van der Waals surface area contributed by atoms with Crippen LogP contribution in [0.5, 0.6) is 0 Å². The number of anilines is 1. The molecular formula is C14H21N3O3. The molecule has 1 aromatic heterocycles. The van der Waals surface area contributed by atoms with E-state index in [1.807, 2.05) is 4.57 Å². The van der Waals surface area contributed by atoms with Gasteiger partial charge in [0.15, 0.2) is 5.82 Å². The molecule has 0 bridgehead atoms. The van der Waals surface area contributed by atoms with Crippen LogP contribution in [0.1, 0.15) is 31.7 Å². The highest BCUT2D eigenvalue weighted by atomic mass is 16.5. The Labute approximate surface area is 118 Å². The van der Waals surface area contributed by atoms with Crippen molar-refractivity contribution in [2.75, 3.05) is 31.2 Å². The Morgan fingerprint density at radius 2 is 2.05 bits per heavy atom. The van der Waals surface area contributed by atoms with E-state index in [2.05, 4.69) is 9.88 Å². The van der Waals surface area contributed by atoms with Crippen LogP contribution in [-0.4, -0.2) is 47.1 Å². The molecule has 1 aliphatic carbocycles. The molecule has 1 aliphatic heterocycles. The van der Waals surface area contributed by atoms with E-state index in [0.717, 1.165) is 38.8 Å². The van der Waals surface area contributed by atoms with Gasteiger partial charge in [0.25, 0.3) is 5.56 Å². The van der Waals surface area contributed by atoms with Crippen molar-refractivity contribution in [2.45, 2.75) is 37.8 Å². The Morgan fingerprint density at radius 3 is 2.70 bits per heavy atom. The number of ether oxygens (including phenoxy) is 1. The maximum atomic E-state index is 12.4. The van der Waals surface area contributed by atoms with E-state index in [0.29, 0.717) is 18.5 Å². The zero-order chi connectivity index (χ0) is 13.9. The highest BCUT2D eigenvalue weighted by Crippen LogP contribution is 2.33. The second kappa shape index (κ2) is 5.93. The maximum absolute atomic E-state index is 12.4. The minimum atomic E-state index is 0.0322. The topological polar surface area (TPSA) is 67.6 Å². The van der Waals surface area contributed by atoms with Gasteiger partial charge in [0.2, 0.25) is 0 Å². The van der Waals surface area contributed by atoms with E-state index in [1.165, 1.54) is 0 Å². The Hall–Kier alpha value is -1.40. The summed E-state index contributed by atoms with van der Waals surface area (Å²) in [4.78, 5) is 18.7. The molecule has 0 radical (unpaired) electrons. The standard InChI is InChI=1S/C14H21N3O3/c18-9-10-20-12-3-6-16(7-4-12)13-14(19)17(8-5-15-13)11-1-2-11/h5,8,11-12,18H,1-4,6-7,9-10H2. The van der Waals surface area contributed by atoms with E-state index in [4.69, 9.17) is 9.84 Å². The fourth-order valence-electron chi connectivity index (χ4n) is 2.72. The Kier molecular flexibility index (Phi) is 4.03. The zero-order valence-electron chi connectivity index (χ0n) is 11.6. The molecule has 110 valence electrons. The molecular weight excluding hydrogens is 258 g/mol. The van der Waals surface area contributed by atoms with Gasteiger partial charge >= 0.3 is 0 Å². The first-order valence-electron chi connectivity index (χ1n) is 7.34. The van der Waals surface area contributed by atoms with Crippen LogP contribution in [0, 0.1) is 0 Å². The molecule has 6 heteroatoms. The van der Waals surface area contributed by atoms with Gasteiger partial charge in [-0.2, -0.15) is 0 Å². The quantitative estimate of drug-likeness (QED) is 0.853. The normalized spacial score (nSPS) is 20.4. The minimum Gasteiger partial charge on any atom is -0.394 e. The molecule has 0 amide bonds. The lowest BCUT2D eigenvalue weighted by Gasteiger charge is -2.32. The molecule has 0 aromatic carbocycles. The Bertz CT molecular complexity index is 505. The van der Waals surface area contributed by atoms with Crippen LogP contribution in [0.4, 0.5) is 5.82 Å². The minimum absolute atomic E-state index is 0.0322. The van der Waals surface area contributed by atoms with E-state index < -0.39 is 0 Å². The summed E-state index contributed by atoms with van der Waals surface area (Å²) in [6, 6.07) is 0.384. The number of hydrogen-bond donors (Lipinski definition) is 1. The number of aliphatic hydroxyl groups excluding tert-OH is 1. The molecule has 2 heterocycles. The molecule has 20 heavy (non-hydrogen) atoms. The van der Waals surface area contributed by atoms with Crippen LogP contribution in [0.15, 0.2) is 17.2 Å². The van der Waals surface area contributed by atoms with Crippen molar-refractivity contribution in [1.29, 1.82) is 0 Å². The third-order valence-electron chi connectivity index (χ3n) is 3.98. The van der Waals surface area contributed by atoms with Crippen molar-refractivity contribution in [1.82, 2.24) is 9.55 Å². The average molecular weight is 279 g/mol. The fourth-order valence-corrected chi connectivity index (χ4v) is 2.72.